The lowest BCUT2D eigenvalue weighted by Gasteiger charge is -2.35. The first kappa shape index (κ1) is 10.6. The molecule has 0 radical (unpaired) electrons. The van der Waals surface area contributed by atoms with Gasteiger partial charge >= 0.3 is 0 Å². The van der Waals surface area contributed by atoms with E-state index in [-0.39, 0.29) is 5.91 Å². The maximum atomic E-state index is 12.0. The maximum absolute atomic E-state index is 12.0. The minimum atomic E-state index is 0.232. The van der Waals surface area contributed by atoms with E-state index in [1.54, 1.807) is 12.1 Å². The van der Waals surface area contributed by atoms with Crippen LogP contribution < -0.4 is 4.90 Å². The summed E-state index contributed by atoms with van der Waals surface area (Å²) in [5.74, 6) is 1.20. The second-order valence-electron chi connectivity index (χ2n) is 5.11. The Morgan fingerprint density at radius 1 is 1.29 bits per heavy atom. The number of fused-ring (bicyclic) bond motifs is 1. The van der Waals surface area contributed by atoms with Crippen LogP contribution in [0.25, 0.3) is 0 Å². The molecule has 0 aromatic heterocycles. The van der Waals surface area contributed by atoms with E-state index in [2.05, 4.69) is 0 Å². The summed E-state index contributed by atoms with van der Waals surface area (Å²) in [6.07, 6.45) is 5.12. The number of nitrogens with zero attached hydrogens (tertiary/aromatic N) is 1. The van der Waals surface area contributed by atoms with E-state index in [1.807, 2.05) is 11.0 Å². The van der Waals surface area contributed by atoms with Crippen molar-refractivity contribution in [1.29, 1.82) is 0 Å². The van der Waals surface area contributed by atoms with Crippen LogP contribution in [-0.2, 0) is 11.2 Å². The van der Waals surface area contributed by atoms with Crippen molar-refractivity contribution >= 4 is 11.6 Å². The lowest BCUT2D eigenvalue weighted by atomic mass is 9.84. The molecule has 0 bridgehead atoms. The van der Waals surface area contributed by atoms with Crippen molar-refractivity contribution in [2.45, 2.75) is 32.1 Å². The molecule has 3 nitrogen and oxygen atoms in total. The van der Waals surface area contributed by atoms with Crippen LogP contribution in [0, 0.1) is 5.92 Å². The molecule has 17 heavy (non-hydrogen) atoms. The van der Waals surface area contributed by atoms with Crippen molar-refractivity contribution in [2.75, 3.05) is 11.4 Å². The Balaban J connectivity index is 1.89. The van der Waals surface area contributed by atoms with Crippen LogP contribution in [0.1, 0.15) is 31.2 Å². The maximum Gasteiger partial charge on any atom is 0.227 e. The number of phenols is 1. The minimum absolute atomic E-state index is 0.232. The molecule has 1 aliphatic heterocycles. The summed E-state index contributed by atoms with van der Waals surface area (Å²) in [6, 6.07) is 5.33. The molecule has 1 heterocycles. The van der Waals surface area contributed by atoms with Gasteiger partial charge < -0.3 is 10.0 Å². The Labute approximate surface area is 101 Å². The topological polar surface area (TPSA) is 40.5 Å². The Morgan fingerprint density at radius 3 is 2.82 bits per heavy atom. The molecular formula is C14H17NO2. The van der Waals surface area contributed by atoms with Gasteiger partial charge in [0.05, 0.1) is 0 Å². The predicted molar refractivity (Wildman–Crippen MR) is 66.1 cm³/mol. The van der Waals surface area contributed by atoms with Crippen LogP contribution in [0.3, 0.4) is 0 Å². The SMILES string of the molecule is O=C1CCc2cc(O)ccc2N1CC1CCC1. The molecule has 1 fully saturated rings. The molecule has 2 aliphatic rings. The average molecular weight is 231 g/mol. The molecule has 1 N–H and O–H groups in total. The number of carbonyl (C=O) groups excluding carboxylic acids is 1. The molecule has 1 aromatic carbocycles. The number of hydrogen-bond donors (Lipinski definition) is 1. The van der Waals surface area contributed by atoms with Gasteiger partial charge in [-0.05, 0) is 48.9 Å². The molecule has 1 saturated carbocycles. The van der Waals surface area contributed by atoms with Gasteiger partial charge in [0.1, 0.15) is 5.75 Å². The van der Waals surface area contributed by atoms with Crippen molar-refractivity contribution in [2.24, 2.45) is 5.92 Å². The van der Waals surface area contributed by atoms with Gasteiger partial charge in [0.25, 0.3) is 0 Å². The van der Waals surface area contributed by atoms with Crippen LogP contribution >= 0.6 is 0 Å². The fourth-order valence-electron chi connectivity index (χ4n) is 2.68. The van der Waals surface area contributed by atoms with E-state index in [4.69, 9.17) is 0 Å². The zero-order chi connectivity index (χ0) is 11.8. The Kier molecular flexibility index (Phi) is 2.54. The number of anilines is 1. The number of benzene rings is 1. The Morgan fingerprint density at radius 2 is 2.12 bits per heavy atom. The number of amides is 1. The lowest BCUT2D eigenvalue weighted by molar-refractivity contribution is -0.119. The van der Waals surface area contributed by atoms with Gasteiger partial charge in [-0.2, -0.15) is 0 Å². The second-order valence-corrected chi connectivity index (χ2v) is 5.11. The normalized spacial score (nSPS) is 20.0. The highest BCUT2D eigenvalue weighted by molar-refractivity contribution is 5.96. The number of aromatic hydroxyl groups is 1. The van der Waals surface area contributed by atoms with Crippen molar-refractivity contribution in [3.63, 3.8) is 0 Å². The third-order valence-corrected chi connectivity index (χ3v) is 3.93. The molecular weight excluding hydrogens is 214 g/mol. The number of phenolic OH excluding ortho intramolecular Hbond substituents is 1. The smallest absolute Gasteiger partial charge is 0.227 e. The van der Waals surface area contributed by atoms with Crippen LogP contribution in [-0.4, -0.2) is 17.6 Å². The van der Waals surface area contributed by atoms with Crippen LogP contribution in [0.4, 0.5) is 5.69 Å². The van der Waals surface area contributed by atoms with Crippen LogP contribution in [0.2, 0.25) is 0 Å². The number of hydrogen-bond acceptors (Lipinski definition) is 2. The third kappa shape index (κ3) is 1.90. The zero-order valence-corrected chi connectivity index (χ0v) is 9.85. The molecule has 1 amide bonds. The minimum Gasteiger partial charge on any atom is -0.508 e. The predicted octanol–water partition coefficient (Wildman–Crippen LogP) is 2.47. The summed E-state index contributed by atoms with van der Waals surface area (Å²) in [4.78, 5) is 13.9. The fourth-order valence-corrected chi connectivity index (χ4v) is 2.68. The van der Waals surface area contributed by atoms with E-state index in [0.29, 0.717) is 18.1 Å². The van der Waals surface area contributed by atoms with Gasteiger partial charge in [-0.25, -0.2) is 0 Å². The zero-order valence-electron chi connectivity index (χ0n) is 9.85. The van der Waals surface area contributed by atoms with Gasteiger partial charge in [0.15, 0.2) is 0 Å². The van der Waals surface area contributed by atoms with E-state index in [0.717, 1.165) is 24.2 Å². The first-order valence-electron chi connectivity index (χ1n) is 6.36. The highest BCUT2D eigenvalue weighted by Gasteiger charge is 2.28. The second kappa shape index (κ2) is 4.06. The molecule has 3 heteroatoms. The molecule has 0 spiro atoms. The first-order valence-corrected chi connectivity index (χ1v) is 6.36. The van der Waals surface area contributed by atoms with Gasteiger partial charge in [-0.3, -0.25) is 4.79 Å². The van der Waals surface area contributed by atoms with Crippen LogP contribution in [0.15, 0.2) is 18.2 Å². The number of aryl methyl sites for hydroxylation is 1. The lowest BCUT2D eigenvalue weighted by Crippen LogP contribution is -2.40. The van der Waals surface area contributed by atoms with Gasteiger partial charge in [-0.1, -0.05) is 6.42 Å². The summed E-state index contributed by atoms with van der Waals surface area (Å²) in [5, 5.41) is 9.48. The van der Waals surface area contributed by atoms with Crippen molar-refractivity contribution in [3.8, 4) is 5.75 Å². The summed E-state index contributed by atoms with van der Waals surface area (Å²) in [7, 11) is 0. The Hall–Kier alpha value is -1.51. The van der Waals surface area contributed by atoms with E-state index in [1.165, 1.54) is 19.3 Å². The molecule has 0 unspecified atom stereocenters. The summed E-state index contributed by atoms with van der Waals surface area (Å²) in [6.45, 7) is 0.858. The fraction of sp³-hybridized carbons (Fsp3) is 0.500. The van der Waals surface area contributed by atoms with E-state index >= 15 is 0 Å². The Bertz CT molecular complexity index is 452. The van der Waals surface area contributed by atoms with Gasteiger partial charge in [-0.15, -0.1) is 0 Å². The summed E-state index contributed by atoms with van der Waals surface area (Å²) < 4.78 is 0. The first-order chi connectivity index (χ1) is 8.24. The van der Waals surface area contributed by atoms with Gasteiger partial charge in [0.2, 0.25) is 5.91 Å². The average Bonchev–Trinajstić information content (AvgIpc) is 2.25. The van der Waals surface area contributed by atoms with E-state index < -0.39 is 0 Å². The van der Waals surface area contributed by atoms with Crippen molar-refractivity contribution in [3.05, 3.63) is 23.8 Å². The molecule has 0 atom stereocenters. The molecule has 1 aliphatic carbocycles. The monoisotopic (exact) mass is 231 g/mol. The highest BCUT2D eigenvalue weighted by Crippen LogP contribution is 2.34. The number of carbonyl (C=O) groups is 1. The summed E-state index contributed by atoms with van der Waals surface area (Å²) in [5.41, 5.74) is 2.11. The summed E-state index contributed by atoms with van der Waals surface area (Å²) >= 11 is 0. The largest absolute Gasteiger partial charge is 0.508 e. The molecule has 3 rings (SSSR count). The quantitative estimate of drug-likeness (QED) is 0.849. The standard InChI is InChI=1S/C14H17NO2/c16-12-5-6-13-11(8-12)4-7-14(17)15(13)9-10-2-1-3-10/h5-6,8,10,16H,1-4,7,9H2. The van der Waals surface area contributed by atoms with Gasteiger partial charge in [0, 0.05) is 18.7 Å². The third-order valence-electron chi connectivity index (χ3n) is 3.93. The van der Waals surface area contributed by atoms with Crippen LogP contribution in [0.5, 0.6) is 5.75 Å². The van der Waals surface area contributed by atoms with E-state index in [9.17, 15) is 9.90 Å². The molecule has 1 aromatic rings. The molecule has 90 valence electrons. The van der Waals surface area contributed by atoms with Crippen molar-refractivity contribution < 1.29 is 9.90 Å². The number of rotatable bonds is 2. The molecule has 0 saturated heterocycles. The van der Waals surface area contributed by atoms with Crippen molar-refractivity contribution in [1.82, 2.24) is 0 Å². The highest BCUT2D eigenvalue weighted by atomic mass is 16.3.